The zero-order valence-corrected chi connectivity index (χ0v) is 13.7. The molecule has 1 amide bonds. The van der Waals surface area contributed by atoms with Crippen LogP contribution in [-0.4, -0.2) is 58.3 Å². The molecule has 0 aromatic heterocycles. The number of amides is 1. The number of anilines is 2. The molecule has 2 fully saturated rings. The predicted molar refractivity (Wildman–Crippen MR) is 88.6 cm³/mol. The molecule has 23 heavy (non-hydrogen) atoms. The summed E-state index contributed by atoms with van der Waals surface area (Å²) in [5.74, 6) is 0.438. The Labute approximate surface area is 135 Å². The Morgan fingerprint density at radius 3 is 2.48 bits per heavy atom. The van der Waals surface area contributed by atoms with Crippen LogP contribution in [0.5, 0.6) is 0 Å². The van der Waals surface area contributed by atoms with Crippen LogP contribution in [0.3, 0.4) is 0 Å². The highest BCUT2D eigenvalue weighted by Crippen LogP contribution is 2.25. The summed E-state index contributed by atoms with van der Waals surface area (Å²) in [6.45, 7) is 1.99. The summed E-state index contributed by atoms with van der Waals surface area (Å²) in [4.78, 5) is 15.5. The number of cyclic esters (lactones) is 1. The molecule has 2 aliphatic rings. The van der Waals surface area contributed by atoms with E-state index in [1.807, 2.05) is 24.3 Å². The molecule has 3 rings (SSSR count). The number of ether oxygens (including phenoxy) is 1. The molecule has 0 aliphatic carbocycles. The van der Waals surface area contributed by atoms with Gasteiger partial charge in [0.2, 0.25) is 0 Å². The third kappa shape index (κ3) is 3.59. The Hall–Kier alpha value is -1.80. The van der Waals surface area contributed by atoms with Crippen molar-refractivity contribution < 1.29 is 17.9 Å². The average molecular weight is 339 g/mol. The van der Waals surface area contributed by atoms with Gasteiger partial charge in [-0.15, -0.1) is 0 Å². The number of hydrogen-bond donors (Lipinski definition) is 1. The Balaban J connectivity index is 1.71. The zero-order chi connectivity index (χ0) is 16.4. The standard InChI is InChI=1S/C15H21N3O4S/c16-10-14-11-18(15(19)22-14)13-4-2-12(3-5-13)17-6-1-8-23(20,21)9-7-17/h2-5,14H,1,6-11,16H2. The number of carbonyl (C=O) groups excluding carboxylic acids is 1. The van der Waals surface area contributed by atoms with Crippen molar-refractivity contribution in [3.8, 4) is 0 Å². The monoisotopic (exact) mass is 339 g/mol. The molecule has 2 heterocycles. The van der Waals surface area contributed by atoms with E-state index in [2.05, 4.69) is 4.90 Å². The maximum absolute atomic E-state index is 11.8. The Morgan fingerprint density at radius 1 is 1.13 bits per heavy atom. The predicted octanol–water partition coefficient (Wildman–Crippen LogP) is 0.595. The summed E-state index contributed by atoms with van der Waals surface area (Å²) in [5, 5.41) is 0. The summed E-state index contributed by atoms with van der Waals surface area (Å²) in [7, 11) is -2.92. The van der Waals surface area contributed by atoms with Crippen LogP contribution in [0.2, 0.25) is 0 Å². The molecule has 2 aliphatic heterocycles. The number of hydrogen-bond acceptors (Lipinski definition) is 6. The van der Waals surface area contributed by atoms with Crippen molar-refractivity contribution >= 4 is 27.3 Å². The largest absolute Gasteiger partial charge is 0.443 e. The molecule has 126 valence electrons. The van der Waals surface area contributed by atoms with Crippen LogP contribution in [0.1, 0.15) is 6.42 Å². The molecule has 7 nitrogen and oxygen atoms in total. The minimum Gasteiger partial charge on any atom is -0.443 e. The van der Waals surface area contributed by atoms with Crippen molar-refractivity contribution in [1.29, 1.82) is 0 Å². The molecule has 1 unspecified atom stereocenters. The van der Waals surface area contributed by atoms with Gasteiger partial charge >= 0.3 is 6.09 Å². The fourth-order valence-corrected chi connectivity index (χ4v) is 4.17. The lowest BCUT2D eigenvalue weighted by molar-refractivity contribution is 0.145. The molecular formula is C15H21N3O4S. The van der Waals surface area contributed by atoms with Gasteiger partial charge in [-0.05, 0) is 30.7 Å². The van der Waals surface area contributed by atoms with Crippen LogP contribution in [-0.2, 0) is 14.6 Å². The molecule has 0 spiro atoms. The summed E-state index contributed by atoms with van der Waals surface area (Å²) >= 11 is 0. The quantitative estimate of drug-likeness (QED) is 0.867. The maximum atomic E-state index is 11.8. The molecule has 1 atom stereocenters. The zero-order valence-electron chi connectivity index (χ0n) is 12.8. The molecule has 0 saturated carbocycles. The molecule has 8 heteroatoms. The number of rotatable bonds is 3. The van der Waals surface area contributed by atoms with Crippen LogP contribution >= 0.6 is 0 Å². The summed E-state index contributed by atoms with van der Waals surface area (Å²) < 4.78 is 28.5. The first kappa shape index (κ1) is 16.1. The van der Waals surface area contributed by atoms with E-state index < -0.39 is 9.84 Å². The first-order valence-corrected chi connectivity index (χ1v) is 9.54. The normalized spacial score (nSPS) is 24.4. The van der Waals surface area contributed by atoms with E-state index in [0.29, 0.717) is 26.1 Å². The summed E-state index contributed by atoms with van der Waals surface area (Å²) in [6.07, 6.45) is -0.00665. The van der Waals surface area contributed by atoms with Gasteiger partial charge in [-0.25, -0.2) is 13.2 Å². The van der Waals surface area contributed by atoms with Crippen molar-refractivity contribution in [2.75, 3.05) is 47.5 Å². The fraction of sp³-hybridized carbons (Fsp3) is 0.533. The van der Waals surface area contributed by atoms with E-state index in [0.717, 1.165) is 17.9 Å². The highest BCUT2D eigenvalue weighted by Gasteiger charge is 2.31. The second-order valence-corrected chi connectivity index (χ2v) is 8.16. The number of carbonyl (C=O) groups is 1. The third-order valence-corrected chi connectivity index (χ3v) is 5.93. The first-order valence-electron chi connectivity index (χ1n) is 7.72. The topological polar surface area (TPSA) is 92.9 Å². The van der Waals surface area contributed by atoms with Crippen LogP contribution in [0.15, 0.2) is 24.3 Å². The Kier molecular flexibility index (Phi) is 4.45. The van der Waals surface area contributed by atoms with Gasteiger partial charge in [-0.1, -0.05) is 0 Å². The smallest absolute Gasteiger partial charge is 0.414 e. The van der Waals surface area contributed by atoms with E-state index >= 15 is 0 Å². The fourth-order valence-electron chi connectivity index (χ4n) is 2.90. The van der Waals surface area contributed by atoms with Gasteiger partial charge in [0.05, 0.1) is 18.1 Å². The maximum Gasteiger partial charge on any atom is 0.414 e. The van der Waals surface area contributed by atoms with Gasteiger partial charge in [-0.2, -0.15) is 0 Å². The first-order chi connectivity index (χ1) is 11.0. The molecule has 1 aromatic rings. The van der Waals surface area contributed by atoms with Gasteiger partial charge in [0.1, 0.15) is 6.10 Å². The molecule has 2 saturated heterocycles. The number of benzene rings is 1. The summed E-state index contributed by atoms with van der Waals surface area (Å²) in [5.41, 5.74) is 7.26. The van der Waals surface area contributed by atoms with Crippen molar-refractivity contribution in [1.82, 2.24) is 0 Å². The molecule has 0 bridgehead atoms. The molecule has 2 N–H and O–H groups in total. The van der Waals surface area contributed by atoms with E-state index in [9.17, 15) is 13.2 Å². The van der Waals surface area contributed by atoms with Crippen LogP contribution in [0, 0.1) is 0 Å². The minimum atomic E-state index is -2.92. The van der Waals surface area contributed by atoms with Gasteiger partial charge in [0, 0.05) is 31.0 Å². The van der Waals surface area contributed by atoms with E-state index in [1.54, 1.807) is 4.90 Å². The van der Waals surface area contributed by atoms with Crippen LogP contribution in [0.25, 0.3) is 0 Å². The second kappa shape index (κ2) is 6.37. The van der Waals surface area contributed by atoms with Gasteiger partial charge in [-0.3, -0.25) is 4.90 Å². The van der Waals surface area contributed by atoms with Crippen molar-refractivity contribution in [2.24, 2.45) is 5.73 Å². The van der Waals surface area contributed by atoms with E-state index in [1.165, 1.54) is 0 Å². The van der Waals surface area contributed by atoms with Gasteiger partial charge < -0.3 is 15.4 Å². The van der Waals surface area contributed by atoms with Crippen molar-refractivity contribution in [3.63, 3.8) is 0 Å². The van der Waals surface area contributed by atoms with Crippen molar-refractivity contribution in [2.45, 2.75) is 12.5 Å². The van der Waals surface area contributed by atoms with Crippen LogP contribution < -0.4 is 15.5 Å². The highest BCUT2D eigenvalue weighted by atomic mass is 32.2. The minimum absolute atomic E-state index is 0.186. The lowest BCUT2D eigenvalue weighted by atomic mass is 10.2. The number of nitrogens with two attached hydrogens (primary N) is 1. The average Bonchev–Trinajstić information content (AvgIpc) is 2.81. The lowest BCUT2D eigenvalue weighted by Gasteiger charge is -2.23. The van der Waals surface area contributed by atoms with Gasteiger partial charge in [0.15, 0.2) is 9.84 Å². The van der Waals surface area contributed by atoms with Crippen molar-refractivity contribution in [3.05, 3.63) is 24.3 Å². The molecular weight excluding hydrogens is 318 g/mol. The SMILES string of the molecule is NCC1CN(c2ccc(N3CCCS(=O)(=O)CC3)cc2)C(=O)O1. The summed E-state index contributed by atoms with van der Waals surface area (Å²) in [6, 6.07) is 7.54. The van der Waals surface area contributed by atoms with Crippen LogP contribution in [0.4, 0.5) is 16.2 Å². The Morgan fingerprint density at radius 2 is 1.83 bits per heavy atom. The Bertz CT molecular complexity index is 674. The number of nitrogens with zero attached hydrogens (tertiary/aromatic N) is 2. The van der Waals surface area contributed by atoms with E-state index in [4.69, 9.17) is 10.5 Å². The van der Waals surface area contributed by atoms with Gasteiger partial charge in [0.25, 0.3) is 0 Å². The lowest BCUT2D eigenvalue weighted by Crippen LogP contribution is -2.28. The third-order valence-electron chi connectivity index (χ3n) is 4.22. The van der Waals surface area contributed by atoms with E-state index in [-0.39, 0.29) is 23.7 Å². The molecule has 0 radical (unpaired) electrons. The second-order valence-electron chi connectivity index (χ2n) is 5.86. The highest BCUT2D eigenvalue weighted by molar-refractivity contribution is 7.91. The number of sulfone groups is 1. The molecule has 1 aromatic carbocycles.